The van der Waals surface area contributed by atoms with Crippen LogP contribution >= 0.6 is 30.0 Å². The molecule has 0 saturated carbocycles. The summed E-state index contributed by atoms with van der Waals surface area (Å²) in [5, 5.41) is 11.0. The first-order valence-electron chi connectivity index (χ1n) is 20.1. The predicted molar refractivity (Wildman–Crippen MR) is 271 cm³/mol. The van der Waals surface area contributed by atoms with Gasteiger partial charge in [0.2, 0.25) is 0 Å². The minimum atomic E-state index is -2.31. The Hall–Kier alpha value is -3.76. The molecule has 0 atom stereocenters. The Morgan fingerprint density at radius 3 is 0.651 bits per heavy atom. The van der Waals surface area contributed by atoms with Crippen LogP contribution in [0.4, 0.5) is 0 Å². The molecule has 0 aliphatic heterocycles. The van der Waals surface area contributed by atoms with Gasteiger partial charge in [-0.05, 0) is 69.7 Å². The van der Waals surface area contributed by atoms with E-state index in [1.165, 1.54) is 42.4 Å². The molecule has 0 bridgehead atoms. The van der Waals surface area contributed by atoms with Gasteiger partial charge in [0.25, 0.3) is 0 Å². The summed E-state index contributed by atoms with van der Waals surface area (Å²) >= 11 is 0. The van der Waals surface area contributed by atoms with Crippen LogP contribution < -0.4 is 67.3 Å². The van der Waals surface area contributed by atoms with Crippen molar-refractivity contribution < 1.29 is 56.2 Å². The number of halogens is 2. The van der Waals surface area contributed by atoms with Gasteiger partial charge in [-0.1, -0.05) is 194 Å². The van der Waals surface area contributed by atoms with Crippen molar-refractivity contribution in [3.8, 4) is 0 Å². The van der Waals surface area contributed by atoms with Crippen molar-refractivity contribution in [1.29, 1.82) is 0 Å². The second-order valence-corrected chi connectivity index (χ2v) is 26.8. The number of nitrogens with zero attached hydrogens (tertiary/aromatic N) is 2. The van der Waals surface area contributed by atoms with Crippen molar-refractivity contribution in [3.63, 3.8) is 0 Å². The van der Waals surface area contributed by atoms with Gasteiger partial charge in [0.1, 0.15) is 11.8 Å². The van der Waals surface area contributed by atoms with Gasteiger partial charge in [0.05, 0.1) is 64.3 Å². The molecule has 8 aromatic rings. The summed E-state index contributed by atoms with van der Waals surface area (Å²) < 4.78 is 12.1. The average molecular weight is 1040 g/mol. The molecule has 0 spiro atoms. The number of hydrogen-bond donors (Lipinski definition) is 0. The molecule has 63 heavy (non-hydrogen) atoms. The molecule has 0 fully saturated rings. The topological polar surface area (TPSA) is 87.7 Å². The third-order valence-corrected chi connectivity index (χ3v) is 27.1. The van der Waals surface area contributed by atoms with Crippen LogP contribution in [0.1, 0.15) is 0 Å². The molecule has 8 aromatic carbocycles. The van der Waals surface area contributed by atoms with Gasteiger partial charge in [0.15, 0.2) is 0 Å². The van der Waals surface area contributed by atoms with Gasteiger partial charge >= 0.3 is 20.4 Å². The molecule has 0 heterocycles. The second kappa shape index (κ2) is 26.9. The fraction of sp³-hybridized carbons (Fsp3) is 0.0769. The molecule has 326 valence electrons. The van der Waals surface area contributed by atoms with E-state index in [1.54, 1.807) is 0 Å². The summed E-state index contributed by atoms with van der Waals surface area (Å²) in [7, 11) is -7.10. The summed E-state index contributed by atoms with van der Waals surface area (Å²) in [6, 6.07) is 89.5. The third-order valence-electron chi connectivity index (χ3n) is 10.8. The first-order valence-corrected chi connectivity index (χ1v) is 27.3. The first-order chi connectivity index (χ1) is 28.8. The minimum Gasteiger partial charge on any atom is -1.00 e. The normalized spacial score (nSPS) is 10.8. The maximum atomic E-state index is 6.04. The SMILES string of the molecule is O.O.[Cl-].[Cl-].[Pd+2].c1ccc([PH+](CP(=NCCN=P(C[PH+](c2ccccc2)c2ccccc2)(c2ccccc2)c2ccccc2)(c2ccccc2)c2ccccc2)c2ccccc2)cc1. The maximum Gasteiger partial charge on any atom is 2.00 e. The van der Waals surface area contributed by atoms with Crippen molar-refractivity contribution in [2.45, 2.75) is 0 Å². The zero-order chi connectivity index (χ0) is 39.3. The van der Waals surface area contributed by atoms with E-state index in [2.05, 4.69) is 243 Å². The van der Waals surface area contributed by atoms with Crippen LogP contribution in [0.2, 0.25) is 0 Å². The molecule has 0 unspecified atom stereocenters. The molecular formula is C52H54Cl2N2O2P4Pd+2. The van der Waals surface area contributed by atoms with Crippen LogP contribution in [-0.2, 0) is 20.4 Å². The molecule has 0 amide bonds. The van der Waals surface area contributed by atoms with E-state index in [1.807, 2.05) is 0 Å². The molecule has 0 aromatic heterocycles. The third kappa shape index (κ3) is 13.0. The van der Waals surface area contributed by atoms with Crippen molar-refractivity contribution in [1.82, 2.24) is 0 Å². The number of benzene rings is 8. The van der Waals surface area contributed by atoms with Gasteiger partial charge in [-0.15, -0.1) is 0 Å². The van der Waals surface area contributed by atoms with Crippen LogP contribution in [-0.4, -0.2) is 35.8 Å². The average Bonchev–Trinajstić information content (AvgIpc) is 3.32. The fourth-order valence-electron chi connectivity index (χ4n) is 7.93. The molecule has 4 N–H and O–H groups in total. The van der Waals surface area contributed by atoms with Crippen LogP contribution in [0.3, 0.4) is 0 Å². The van der Waals surface area contributed by atoms with Crippen molar-refractivity contribution in [3.05, 3.63) is 243 Å². The molecule has 0 radical (unpaired) electrons. The molecular weight excluding hydrogens is 986 g/mol. The van der Waals surface area contributed by atoms with Gasteiger partial charge in [-0.25, -0.2) is 0 Å². The predicted octanol–water partition coefficient (Wildman–Crippen LogP) is 2.69. The van der Waals surface area contributed by atoms with Crippen molar-refractivity contribution in [2.75, 3.05) is 24.9 Å². The quantitative estimate of drug-likeness (QED) is 0.0861. The Labute approximate surface area is 402 Å². The summed E-state index contributed by atoms with van der Waals surface area (Å²) in [5.74, 6) is 1.99. The number of rotatable bonds is 15. The summed E-state index contributed by atoms with van der Waals surface area (Å²) in [4.78, 5) is 0. The van der Waals surface area contributed by atoms with Crippen molar-refractivity contribution in [2.24, 2.45) is 9.49 Å². The first kappa shape index (κ1) is 53.6. The summed E-state index contributed by atoms with van der Waals surface area (Å²) in [6.07, 6.45) is 0. The Kier molecular flexibility index (Phi) is 22.9. The Bertz CT molecular complexity index is 2240. The van der Waals surface area contributed by atoms with Crippen LogP contribution in [0, 0.1) is 0 Å². The van der Waals surface area contributed by atoms with E-state index in [0.29, 0.717) is 13.1 Å². The fourth-order valence-corrected chi connectivity index (χ4v) is 26.1. The van der Waals surface area contributed by atoms with E-state index < -0.39 is 30.0 Å². The molecule has 8 rings (SSSR count). The van der Waals surface area contributed by atoms with E-state index in [-0.39, 0.29) is 56.2 Å². The molecule has 0 saturated heterocycles. The molecule has 4 nitrogen and oxygen atoms in total. The molecule has 0 aliphatic carbocycles. The summed E-state index contributed by atoms with van der Waals surface area (Å²) in [6.45, 7) is 1.30. The largest absolute Gasteiger partial charge is 2.00 e. The van der Waals surface area contributed by atoms with E-state index in [0.717, 1.165) is 11.8 Å². The van der Waals surface area contributed by atoms with Gasteiger partial charge in [0, 0.05) is 0 Å². The standard InChI is InChI=1S/C52H48N2P4.2ClH.2H2O.Pd/c1-9-25-45(26-10-1)55(46-27-11-2-12-28-46)43-57(49-33-17-5-18-34-49,50-35-19-6-20-36-50)53-41-42-54-58(51-37-21-7-22-38-51,52-39-23-8-24-40-52)44-56(47-29-13-3-14-30-47)48-31-15-4-16-32-48;;;;;/h1-40H,41-44H2;2*1H;2*1H2;/q;;;;;+2. The van der Waals surface area contributed by atoms with E-state index in [4.69, 9.17) is 9.49 Å². The Morgan fingerprint density at radius 2 is 0.460 bits per heavy atom. The number of hydrogen-bond acceptors (Lipinski definition) is 2. The summed E-state index contributed by atoms with van der Waals surface area (Å²) in [5.41, 5.74) is 0. The Balaban J connectivity index is 0.00000211. The zero-order valence-corrected chi connectivity index (χ0v) is 41.6. The van der Waals surface area contributed by atoms with E-state index >= 15 is 0 Å². The maximum absolute atomic E-state index is 6.04. The van der Waals surface area contributed by atoms with Crippen LogP contribution in [0.15, 0.2) is 252 Å². The van der Waals surface area contributed by atoms with Gasteiger partial charge < -0.3 is 35.8 Å². The molecule has 0 aliphatic rings. The van der Waals surface area contributed by atoms with Gasteiger partial charge in [-0.2, -0.15) is 0 Å². The zero-order valence-electron chi connectivity index (χ0n) is 34.8. The van der Waals surface area contributed by atoms with Crippen LogP contribution in [0.25, 0.3) is 0 Å². The smallest absolute Gasteiger partial charge is 1.00 e. The second-order valence-electron chi connectivity index (χ2n) is 14.3. The monoisotopic (exact) mass is 1040 g/mol. The minimum absolute atomic E-state index is 0. The van der Waals surface area contributed by atoms with Crippen molar-refractivity contribution >= 4 is 72.4 Å². The van der Waals surface area contributed by atoms with Gasteiger partial charge in [-0.3, -0.25) is 9.49 Å². The van der Waals surface area contributed by atoms with E-state index in [9.17, 15) is 0 Å². The van der Waals surface area contributed by atoms with Crippen LogP contribution in [0.5, 0.6) is 0 Å². The molecule has 11 heteroatoms. The Morgan fingerprint density at radius 1 is 0.286 bits per heavy atom.